The van der Waals surface area contributed by atoms with Crippen molar-refractivity contribution in [3.05, 3.63) is 70.9 Å². The van der Waals surface area contributed by atoms with E-state index in [1.165, 1.54) is 30.3 Å². The zero-order valence-electron chi connectivity index (χ0n) is 14.9. The van der Waals surface area contributed by atoms with E-state index in [9.17, 15) is 30.8 Å². The third-order valence-corrected chi connectivity index (χ3v) is 4.80. The quantitative estimate of drug-likeness (QED) is 0.611. The Morgan fingerprint density at radius 3 is 2.27 bits per heavy atom. The molecule has 12 heteroatoms. The zero-order chi connectivity index (χ0) is 22.1. The Labute approximate surface area is 167 Å². The van der Waals surface area contributed by atoms with Gasteiger partial charge in [0.05, 0.1) is 16.7 Å². The van der Waals surface area contributed by atoms with Crippen molar-refractivity contribution in [2.75, 3.05) is 0 Å². The van der Waals surface area contributed by atoms with Gasteiger partial charge in [0.1, 0.15) is 6.54 Å². The molecular formula is C18H13F4N3O4S. The Kier molecular flexibility index (Phi) is 5.63. The molecule has 0 saturated heterocycles. The third-order valence-electron chi connectivity index (χ3n) is 3.87. The number of nitrogens with two attached hydrogens (primary N) is 1. The van der Waals surface area contributed by atoms with Crippen LogP contribution in [0.15, 0.2) is 64.4 Å². The Morgan fingerprint density at radius 1 is 1.07 bits per heavy atom. The molecule has 158 valence electrons. The van der Waals surface area contributed by atoms with Crippen LogP contribution >= 0.6 is 0 Å². The minimum Gasteiger partial charge on any atom is -0.448 e. The van der Waals surface area contributed by atoms with Gasteiger partial charge in [-0.25, -0.2) is 22.6 Å². The highest BCUT2D eigenvalue weighted by Gasteiger charge is 2.30. The summed E-state index contributed by atoms with van der Waals surface area (Å²) in [6.45, 7) is -1.68. The lowest BCUT2D eigenvalue weighted by molar-refractivity contribution is -0.143. The van der Waals surface area contributed by atoms with Gasteiger partial charge in [0.25, 0.3) is 0 Å². The standard InChI is InChI=1S/C18H13F4N3O4S/c19-14-3-1-2-4-15(14)29-16-13(9-24-25(17(16)26)10-18(20,21)22)11-5-7-12(8-6-11)30(23,27)28/h1-9H,10H2,(H2,23,27,28). The van der Waals surface area contributed by atoms with Crippen LogP contribution < -0.4 is 15.4 Å². The number of alkyl halides is 3. The number of benzene rings is 2. The molecule has 30 heavy (non-hydrogen) atoms. The maximum Gasteiger partial charge on any atom is 0.408 e. The van der Waals surface area contributed by atoms with Crippen LogP contribution in [0.5, 0.6) is 11.5 Å². The van der Waals surface area contributed by atoms with Crippen LogP contribution in [0.25, 0.3) is 11.1 Å². The second kappa shape index (κ2) is 7.88. The molecule has 0 saturated carbocycles. The van der Waals surface area contributed by atoms with Gasteiger partial charge in [-0.05, 0) is 29.8 Å². The summed E-state index contributed by atoms with van der Waals surface area (Å²) < 4.78 is 80.5. The Hall–Kier alpha value is -3.25. The Bertz CT molecular complexity index is 1240. The second-order valence-corrected chi connectivity index (χ2v) is 7.63. The van der Waals surface area contributed by atoms with Crippen molar-refractivity contribution in [2.45, 2.75) is 17.6 Å². The molecule has 0 fully saturated rings. The zero-order valence-corrected chi connectivity index (χ0v) is 15.7. The summed E-state index contributed by atoms with van der Waals surface area (Å²) in [6, 6.07) is 9.81. The van der Waals surface area contributed by atoms with Gasteiger partial charge in [-0.15, -0.1) is 0 Å². The van der Waals surface area contributed by atoms with Crippen molar-refractivity contribution in [2.24, 2.45) is 5.14 Å². The fraction of sp³-hybridized carbons (Fsp3) is 0.111. The van der Waals surface area contributed by atoms with Crippen LogP contribution in [0.2, 0.25) is 0 Å². The highest BCUT2D eigenvalue weighted by molar-refractivity contribution is 7.89. The minimum atomic E-state index is -4.73. The first-order valence-electron chi connectivity index (χ1n) is 8.18. The average molecular weight is 443 g/mol. The molecule has 3 rings (SSSR count). The number of primary sulfonamides is 1. The highest BCUT2D eigenvalue weighted by Crippen LogP contribution is 2.32. The van der Waals surface area contributed by atoms with E-state index in [0.29, 0.717) is 0 Å². The molecule has 2 aromatic carbocycles. The lowest BCUT2D eigenvalue weighted by Gasteiger charge is -2.14. The predicted molar refractivity (Wildman–Crippen MR) is 97.8 cm³/mol. The van der Waals surface area contributed by atoms with E-state index >= 15 is 0 Å². The third kappa shape index (κ3) is 4.83. The summed E-state index contributed by atoms with van der Waals surface area (Å²) in [5, 5.41) is 8.53. The van der Waals surface area contributed by atoms with E-state index < -0.39 is 39.9 Å². The van der Waals surface area contributed by atoms with Gasteiger partial charge in [-0.3, -0.25) is 4.79 Å². The van der Waals surface area contributed by atoms with Gasteiger partial charge in [0, 0.05) is 0 Å². The van der Waals surface area contributed by atoms with E-state index in [1.54, 1.807) is 0 Å². The maximum atomic E-state index is 14.0. The van der Waals surface area contributed by atoms with Crippen molar-refractivity contribution in [3.63, 3.8) is 0 Å². The molecule has 7 nitrogen and oxygen atoms in total. The summed E-state index contributed by atoms with van der Waals surface area (Å²) in [4.78, 5) is 12.4. The number of halogens is 4. The largest absolute Gasteiger partial charge is 0.448 e. The number of hydrogen-bond acceptors (Lipinski definition) is 5. The van der Waals surface area contributed by atoms with Crippen LogP contribution in [-0.4, -0.2) is 24.4 Å². The second-order valence-electron chi connectivity index (χ2n) is 6.07. The molecule has 0 unspecified atom stereocenters. The van der Waals surface area contributed by atoms with Crippen LogP contribution in [-0.2, 0) is 16.6 Å². The maximum absolute atomic E-state index is 14.0. The van der Waals surface area contributed by atoms with Crippen molar-refractivity contribution < 1.29 is 30.7 Å². The number of rotatable bonds is 5. The molecule has 2 N–H and O–H groups in total. The molecule has 3 aromatic rings. The first kappa shape index (κ1) is 21.5. The SMILES string of the molecule is NS(=O)(=O)c1ccc(-c2cnn(CC(F)(F)F)c(=O)c2Oc2ccccc2F)cc1. The van der Waals surface area contributed by atoms with E-state index in [1.807, 2.05) is 0 Å². The first-order chi connectivity index (χ1) is 14.0. The number of aromatic nitrogens is 2. The van der Waals surface area contributed by atoms with Gasteiger partial charge >= 0.3 is 11.7 Å². The number of hydrogen-bond donors (Lipinski definition) is 1. The van der Waals surface area contributed by atoms with Crippen molar-refractivity contribution in [3.8, 4) is 22.6 Å². The van der Waals surface area contributed by atoms with E-state index in [2.05, 4.69) is 5.10 Å². The number of ether oxygens (including phenoxy) is 1. The molecule has 1 heterocycles. The number of nitrogens with zero attached hydrogens (tertiary/aromatic N) is 2. The molecule has 0 spiro atoms. The highest BCUT2D eigenvalue weighted by atomic mass is 32.2. The van der Waals surface area contributed by atoms with Crippen LogP contribution in [0.1, 0.15) is 0 Å². The summed E-state index contributed by atoms with van der Waals surface area (Å²) in [5.41, 5.74) is -1.12. The van der Waals surface area contributed by atoms with Crippen molar-refractivity contribution in [1.29, 1.82) is 0 Å². The lowest BCUT2D eigenvalue weighted by Crippen LogP contribution is -2.30. The first-order valence-corrected chi connectivity index (χ1v) is 9.73. The molecule has 0 atom stereocenters. The average Bonchev–Trinajstić information content (AvgIpc) is 2.65. The predicted octanol–water partition coefficient (Wildman–Crippen LogP) is 3.05. The van der Waals surface area contributed by atoms with Gasteiger partial charge in [-0.2, -0.15) is 18.3 Å². The van der Waals surface area contributed by atoms with Gasteiger partial charge in [0.2, 0.25) is 15.8 Å². The summed E-state index contributed by atoms with van der Waals surface area (Å²) in [5.74, 6) is -1.84. The molecule has 0 aliphatic heterocycles. The van der Waals surface area contributed by atoms with Gasteiger partial charge in [-0.1, -0.05) is 24.3 Å². The molecule has 0 amide bonds. The molecule has 0 radical (unpaired) electrons. The normalized spacial score (nSPS) is 12.0. The summed E-state index contributed by atoms with van der Waals surface area (Å²) in [7, 11) is -3.99. The van der Waals surface area contributed by atoms with Crippen LogP contribution in [0.3, 0.4) is 0 Å². The van der Waals surface area contributed by atoms with Crippen molar-refractivity contribution in [1.82, 2.24) is 9.78 Å². The van der Waals surface area contributed by atoms with Gasteiger partial charge < -0.3 is 4.74 Å². The van der Waals surface area contributed by atoms with Crippen LogP contribution in [0, 0.1) is 5.82 Å². The molecule has 0 aliphatic carbocycles. The van der Waals surface area contributed by atoms with Crippen LogP contribution in [0.4, 0.5) is 17.6 Å². The molecule has 0 aliphatic rings. The molecule has 0 bridgehead atoms. The monoisotopic (exact) mass is 443 g/mol. The fourth-order valence-electron chi connectivity index (χ4n) is 2.52. The summed E-state index contributed by atoms with van der Waals surface area (Å²) in [6.07, 6.45) is -3.79. The summed E-state index contributed by atoms with van der Waals surface area (Å²) >= 11 is 0. The molecule has 1 aromatic heterocycles. The Morgan fingerprint density at radius 2 is 1.70 bits per heavy atom. The topological polar surface area (TPSA) is 104 Å². The Balaban J connectivity index is 2.16. The lowest BCUT2D eigenvalue weighted by atomic mass is 10.1. The van der Waals surface area contributed by atoms with Crippen molar-refractivity contribution >= 4 is 10.0 Å². The fourth-order valence-corrected chi connectivity index (χ4v) is 3.03. The smallest absolute Gasteiger partial charge is 0.408 e. The van der Waals surface area contributed by atoms with E-state index in [-0.39, 0.29) is 26.5 Å². The number of sulfonamides is 1. The van der Waals surface area contributed by atoms with E-state index in [4.69, 9.17) is 9.88 Å². The molecular weight excluding hydrogens is 430 g/mol. The minimum absolute atomic E-state index is 0.0670. The van der Waals surface area contributed by atoms with E-state index in [0.717, 1.165) is 24.4 Å². The number of para-hydroxylation sites is 1. The van der Waals surface area contributed by atoms with Gasteiger partial charge in [0.15, 0.2) is 11.6 Å².